The van der Waals surface area contributed by atoms with Crippen molar-refractivity contribution in [1.29, 1.82) is 0 Å². The Bertz CT molecular complexity index is 654. The Labute approximate surface area is 142 Å². The molecule has 1 saturated carbocycles. The summed E-state index contributed by atoms with van der Waals surface area (Å²) in [6, 6.07) is 5.55. The number of hydrogen-bond donors (Lipinski definition) is 1. The van der Waals surface area contributed by atoms with Gasteiger partial charge in [-0.15, -0.1) is 0 Å². The molecule has 1 aromatic rings. The highest BCUT2D eigenvalue weighted by molar-refractivity contribution is 6.01. The van der Waals surface area contributed by atoms with Crippen molar-refractivity contribution in [3.63, 3.8) is 0 Å². The minimum Gasteiger partial charge on any atom is -0.379 e. The number of nitrogens with one attached hydrogen (secondary N) is 1. The van der Waals surface area contributed by atoms with Crippen LogP contribution in [0.5, 0.6) is 0 Å². The van der Waals surface area contributed by atoms with Gasteiger partial charge in [0.05, 0.1) is 13.2 Å². The highest BCUT2D eigenvalue weighted by Crippen LogP contribution is 2.35. The molecule has 1 aliphatic heterocycles. The lowest BCUT2D eigenvalue weighted by atomic mass is 9.76. The number of amides is 2. The number of nitrogens with zero attached hydrogens (tertiary/aromatic N) is 1. The van der Waals surface area contributed by atoms with Gasteiger partial charge in [-0.1, -0.05) is 19.3 Å². The van der Waals surface area contributed by atoms with Crippen molar-refractivity contribution in [3.05, 3.63) is 29.3 Å². The van der Waals surface area contributed by atoms with E-state index in [0.29, 0.717) is 31.4 Å². The summed E-state index contributed by atoms with van der Waals surface area (Å²) in [5.41, 5.74) is 2.63. The third-order valence-corrected chi connectivity index (χ3v) is 5.67. The number of urea groups is 1. The molecule has 1 aromatic carbocycles. The van der Waals surface area contributed by atoms with Crippen molar-refractivity contribution < 1.29 is 14.3 Å². The van der Waals surface area contributed by atoms with E-state index in [1.807, 2.05) is 23.1 Å². The average Bonchev–Trinajstić information content (AvgIpc) is 2.74. The first-order valence-corrected chi connectivity index (χ1v) is 9.00. The van der Waals surface area contributed by atoms with Crippen LogP contribution in [0.3, 0.4) is 0 Å². The van der Waals surface area contributed by atoms with Crippen molar-refractivity contribution >= 4 is 17.5 Å². The molecule has 1 atom stereocenters. The topological polar surface area (TPSA) is 58.6 Å². The van der Waals surface area contributed by atoms with E-state index in [1.165, 1.54) is 19.3 Å². The van der Waals surface area contributed by atoms with Gasteiger partial charge in [0.25, 0.3) is 0 Å². The quantitative estimate of drug-likeness (QED) is 0.907. The van der Waals surface area contributed by atoms with Gasteiger partial charge in [0.15, 0.2) is 5.78 Å². The van der Waals surface area contributed by atoms with Gasteiger partial charge in [0.1, 0.15) is 0 Å². The van der Waals surface area contributed by atoms with Crippen LogP contribution in [-0.2, 0) is 11.2 Å². The minimum absolute atomic E-state index is 0.0610. The van der Waals surface area contributed by atoms with Crippen LogP contribution in [0.2, 0.25) is 0 Å². The molecule has 24 heavy (non-hydrogen) atoms. The molecule has 0 spiro atoms. The average molecular weight is 328 g/mol. The fourth-order valence-corrected chi connectivity index (χ4v) is 3.95. The van der Waals surface area contributed by atoms with Gasteiger partial charge in [-0.3, -0.25) is 4.79 Å². The third kappa shape index (κ3) is 3.05. The van der Waals surface area contributed by atoms with Crippen LogP contribution in [-0.4, -0.2) is 43.0 Å². The van der Waals surface area contributed by atoms with Crippen molar-refractivity contribution in [1.82, 2.24) is 4.90 Å². The molecule has 2 amide bonds. The number of ketones is 1. The predicted octanol–water partition coefficient (Wildman–Crippen LogP) is 3.10. The van der Waals surface area contributed by atoms with Crippen LogP contribution in [0, 0.1) is 11.8 Å². The number of carbonyl (C=O) groups excluding carboxylic acids is 2. The summed E-state index contributed by atoms with van der Waals surface area (Å²) in [4.78, 5) is 26.2. The van der Waals surface area contributed by atoms with Gasteiger partial charge < -0.3 is 15.0 Å². The van der Waals surface area contributed by atoms with Crippen LogP contribution in [0.15, 0.2) is 18.2 Å². The molecule has 4 rings (SSSR count). The number of carbonyl (C=O) groups is 2. The van der Waals surface area contributed by atoms with Crippen LogP contribution < -0.4 is 5.32 Å². The number of fused-ring (bicyclic) bond motifs is 1. The number of ether oxygens (including phenoxy) is 1. The fourth-order valence-electron chi connectivity index (χ4n) is 3.95. The molecule has 2 fully saturated rings. The van der Waals surface area contributed by atoms with Gasteiger partial charge in [0.2, 0.25) is 0 Å². The molecule has 128 valence electrons. The smallest absolute Gasteiger partial charge is 0.321 e. The molecule has 5 heteroatoms. The summed E-state index contributed by atoms with van der Waals surface area (Å²) in [5.74, 6) is 1.38. The lowest BCUT2D eigenvalue weighted by molar-refractivity contribution is 0.0776. The first kappa shape index (κ1) is 15.6. The van der Waals surface area contributed by atoms with Crippen molar-refractivity contribution in [2.75, 3.05) is 31.6 Å². The molecule has 1 saturated heterocycles. The second-order valence-corrected chi connectivity index (χ2v) is 7.20. The van der Waals surface area contributed by atoms with Gasteiger partial charge >= 0.3 is 6.03 Å². The number of anilines is 1. The standard InChI is InChI=1S/C19H24N2O3/c22-18-7-4-14-10-16(5-6-17(14)18)20-19(23)21-8-9-24-12-15(11-21)13-2-1-3-13/h5-6,10,13,15H,1-4,7-9,11-12H2,(H,20,23)/t15-/m1/s1. The van der Waals surface area contributed by atoms with E-state index in [4.69, 9.17) is 4.74 Å². The lowest BCUT2D eigenvalue weighted by Crippen LogP contribution is -2.41. The fraction of sp³-hybridized carbons (Fsp3) is 0.579. The molecule has 1 heterocycles. The number of rotatable bonds is 2. The zero-order valence-electron chi connectivity index (χ0n) is 13.9. The summed E-state index contributed by atoms with van der Waals surface area (Å²) in [6.07, 6.45) is 5.20. The maximum absolute atomic E-state index is 12.7. The van der Waals surface area contributed by atoms with E-state index in [0.717, 1.165) is 36.4 Å². The van der Waals surface area contributed by atoms with Crippen LogP contribution in [0.1, 0.15) is 41.6 Å². The zero-order valence-corrected chi connectivity index (χ0v) is 13.9. The van der Waals surface area contributed by atoms with Crippen LogP contribution >= 0.6 is 0 Å². The van der Waals surface area contributed by atoms with E-state index in [-0.39, 0.29) is 11.8 Å². The van der Waals surface area contributed by atoms with E-state index < -0.39 is 0 Å². The summed E-state index contributed by atoms with van der Waals surface area (Å²) < 4.78 is 5.71. The number of benzene rings is 1. The number of hydrogen-bond acceptors (Lipinski definition) is 3. The molecule has 3 aliphatic rings. The molecule has 0 bridgehead atoms. The Kier molecular flexibility index (Phi) is 4.27. The molecular weight excluding hydrogens is 304 g/mol. The normalized spacial score (nSPS) is 24.2. The monoisotopic (exact) mass is 328 g/mol. The summed E-state index contributed by atoms with van der Waals surface area (Å²) in [7, 11) is 0. The Morgan fingerprint density at radius 3 is 2.88 bits per heavy atom. The summed E-state index contributed by atoms with van der Waals surface area (Å²) in [5, 5.41) is 3.00. The second kappa shape index (κ2) is 6.55. The van der Waals surface area contributed by atoms with E-state index in [1.54, 1.807) is 0 Å². The Hall–Kier alpha value is -1.88. The van der Waals surface area contributed by atoms with E-state index in [9.17, 15) is 9.59 Å². The van der Waals surface area contributed by atoms with Gasteiger partial charge in [-0.05, 0) is 36.1 Å². The van der Waals surface area contributed by atoms with Crippen LogP contribution in [0.25, 0.3) is 0 Å². The lowest BCUT2D eigenvalue weighted by Gasteiger charge is -2.34. The molecule has 0 unspecified atom stereocenters. The minimum atomic E-state index is -0.0610. The maximum Gasteiger partial charge on any atom is 0.321 e. The highest BCUT2D eigenvalue weighted by atomic mass is 16.5. The van der Waals surface area contributed by atoms with E-state index in [2.05, 4.69) is 5.32 Å². The third-order valence-electron chi connectivity index (χ3n) is 5.67. The first-order chi connectivity index (χ1) is 11.7. The Morgan fingerprint density at radius 1 is 1.21 bits per heavy atom. The van der Waals surface area contributed by atoms with Gasteiger partial charge in [-0.2, -0.15) is 0 Å². The molecule has 0 radical (unpaired) electrons. The molecular formula is C19H24N2O3. The molecule has 5 nitrogen and oxygen atoms in total. The van der Waals surface area contributed by atoms with Gasteiger partial charge in [-0.25, -0.2) is 4.79 Å². The summed E-state index contributed by atoms with van der Waals surface area (Å²) >= 11 is 0. The molecule has 0 aromatic heterocycles. The Balaban J connectivity index is 1.42. The largest absolute Gasteiger partial charge is 0.379 e. The molecule has 1 N–H and O–H groups in total. The first-order valence-electron chi connectivity index (χ1n) is 9.00. The highest BCUT2D eigenvalue weighted by Gasteiger charge is 2.32. The predicted molar refractivity (Wildman–Crippen MR) is 91.3 cm³/mol. The second-order valence-electron chi connectivity index (χ2n) is 7.20. The SMILES string of the molecule is O=C1CCc2cc(NC(=O)N3CCOC[C@H](C4CCC4)C3)ccc21. The maximum atomic E-state index is 12.7. The summed E-state index contributed by atoms with van der Waals surface area (Å²) in [6.45, 7) is 2.79. The number of Topliss-reactive ketones (excluding diaryl/α,β-unsaturated/α-hetero) is 1. The van der Waals surface area contributed by atoms with Crippen molar-refractivity contribution in [3.8, 4) is 0 Å². The van der Waals surface area contributed by atoms with Crippen molar-refractivity contribution in [2.24, 2.45) is 11.8 Å². The Morgan fingerprint density at radius 2 is 2.08 bits per heavy atom. The van der Waals surface area contributed by atoms with Crippen LogP contribution in [0.4, 0.5) is 10.5 Å². The van der Waals surface area contributed by atoms with Gasteiger partial charge in [0, 0.05) is 36.7 Å². The number of aryl methyl sites for hydroxylation is 1. The van der Waals surface area contributed by atoms with E-state index >= 15 is 0 Å². The van der Waals surface area contributed by atoms with Crippen molar-refractivity contribution in [2.45, 2.75) is 32.1 Å². The molecule has 2 aliphatic carbocycles. The zero-order chi connectivity index (χ0) is 16.5.